The fraction of sp³-hybridized carbons (Fsp3) is 0.615. The Bertz CT molecular complexity index is 957. The minimum Gasteiger partial charge on any atom is -0.345 e. The fourth-order valence-corrected chi connectivity index (χ4v) is 4.99. The average Bonchev–Trinajstić information content (AvgIpc) is 3.51. The first-order valence-electron chi connectivity index (χ1n) is 12.6. The van der Waals surface area contributed by atoms with Crippen LogP contribution in [0, 0.1) is 5.92 Å². The Kier molecular flexibility index (Phi) is 7.98. The molecule has 1 aromatic heterocycles. The lowest BCUT2D eigenvalue weighted by Gasteiger charge is -2.36. The van der Waals surface area contributed by atoms with E-state index in [1.165, 1.54) is 25.3 Å². The monoisotopic (exact) mass is 467 g/mol. The topological polar surface area (TPSA) is 91.6 Å². The smallest absolute Gasteiger partial charge is 0.245 e. The van der Waals surface area contributed by atoms with Crippen molar-refractivity contribution < 1.29 is 14.1 Å². The number of carbonyl (C=O) groups excluding carboxylic acids is 2. The van der Waals surface area contributed by atoms with Crippen molar-refractivity contribution in [3.8, 4) is 11.4 Å². The van der Waals surface area contributed by atoms with Gasteiger partial charge >= 0.3 is 0 Å². The third-order valence-corrected chi connectivity index (χ3v) is 6.83. The number of aromatic nitrogens is 2. The van der Waals surface area contributed by atoms with Crippen molar-refractivity contribution in [2.45, 2.75) is 71.4 Å². The van der Waals surface area contributed by atoms with Crippen LogP contribution in [0.15, 0.2) is 28.8 Å². The molecule has 2 aliphatic rings. The fourth-order valence-electron chi connectivity index (χ4n) is 4.99. The summed E-state index contributed by atoms with van der Waals surface area (Å²) >= 11 is 0. The number of amides is 2. The molecule has 0 radical (unpaired) electrons. The minimum absolute atomic E-state index is 0.0324. The van der Waals surface area contributed by atoms with Crippen molar-refractivity contribution in [3.63, 3.8) is 0 Å². The van der Waals surface area contributed by atoms with Gasteiger partial charge in [-0.1, -0.05) is 56.1 Å². The molecule has 2 fully saturated rings. The van der Waals surface area contributed by atoms with Gasteiger partial charge in [0.25, 0.3) is 0 Å². The Morgan fingerprint density at radius 2 is 1.76 bits per heavy atom. The summed E-state index contributed by atoms with van der Waals surface area (Å²) in [7, 11) is 0. The summed E-state index contributed by atoms with van der Waals surface area (Å²) in [4.78, 5) is 33.4. The molecule has 1 aliphatic heterocycles. The first-order chi connectivity index (χ1) is 16.4. The predicted molar refractivity (Wildman–Crippen MR) is 130 cm³/mol. The number of hydrogen-bond acceptors (Lipinski definition) is 6. The quantitative estimate of drug-likeness (QED) is 0.638. The Labute approximate surface area is 202 Å². The van der Waals surface area contributed by atoms with Crippen LogP contribution in [0.25, 0.3) is 11.4 Å². The predicted octanol–water partition coefficient (Wildman–Crippen LogP) is 3.59. The van der Waals surface area contributed by atoms with Crippen LogP contribution in [0.2, 0.25) is 0 Å². The van der Waals surface area contributed by atoms with Crippen molar-refractivity contribution in [3.05, 3.63) is 35.7 Å². The molecule has 8 nitrogen and oxygen atoms in total. The molecule has 1 atom stereocenters. The number of nitrogens with one attached hydrogen (secondary N) is 1. The van der Waals surface area contributed by atoms with Crippen molar-refractivity contribution in [1.29, 1.82) is 0 Å². The van der Waals surface area contributed by atoms with Crippen molar-refractivity contribution in [2.75, 3.05) is 26.2 Å². The summed E-state index contributed by atoms with van der Waals surface area (Å²) in [5.41, 5.74) is 2.19. The van der Waals surface area contributed by atoms with Gasteiger partial charge in [0, 0.05) is 51.1 Å². The Hall–Kier alpha value is -2.74. The lowest BCUT2D eigenvalue weighted by molar-refractivity contribution is -0.138. The molecule has 0 bridgehead atoms. The molecule has 1 aliphatic carbocycles. The highest BCUT2D eigenvalue weighted by Crippen LogP contribution is 2.33. The van der Waals surface area contributed by atoms with Crippen molar-refractivity contribution in [2.24, 2.45) is 5.92 Å². The molecule has 2 amide bonds. The number of nitrogens with zero attached hydrogens (tertiary/aromatic N) is 4. The zero-order chi connectivity index (χ0) is 24.1. The maximum atomic E-state index is 13.0. The molecular weight excluding hydrogens is 430 g/mol. The summed E-state index contributed by atoms with van der Waals surface area (Å²) in [6, 6.07) is 7.92. The highest BCUT2D eigenvalue weighted by molar-refractivity contribution is 5.87. The van der Waals surface area contributed by atoms with Crippen LogP contribution in [0.5, 0.6) is 0 Å². The third-order valence-electron chi connectivity index (χ3n) is 6.83. The molecule has 2 heterocycles. The van der Waals surface area contributed by atoms with E-state index in [0.717, 1.165) is 43.9 Å². The van der Waals surface area contributed by atoms with Crippen LogP contribution in [-0.2, 0) is 16.1 Å². The van der Waals surface area contributed by atoms with E-state index in [2.05, 4.69) is 58.5 Å². The molecular formula is C26H37N5O3. The summed E-state index contributed by atoms with van der Waals surface area (Å²) in [5, 5.41) is 7.03. The van der Waals surface area contributed by atoms with Gasteiger partial charge in [0.1, 0.15) is 6.04 Å². The van der Waals surface area contributed by atoms with E-state index >= 15 is 0 Å². The molecule has 8 heteroatoms. The van der Waals surface area contributed by atoms with Gasteiger partial charge in [-0.2, -0.15) is 4.98 Å². The first-order valence-corrected chi connectivity index (χ1v) is 12.6. The van der Waals surface area contributed by atoms with Gasteiger partial charge in [-0.05, 0) is 30.7 Å². The number of carbonyl (C=O) groups is 2. The molecule has 0 unspecified atom stereocenters. The second-order valence-corrected chi connectivity index (χ2v) is 10.1. The van der Waals surface area contributed by atoms with Crippen LogP contribution in [0.3, 0.4) is 0 Å². The summed E-state index contributed by atoms with van der Waals surface area (Å²) in [6.45, 7) is 9.43. The largest absolute Gasteiger partial charge is 0.345 e. The zero-order valence-electron chi connectivity index (χ0n) is 20.6. The van der Waals surface area contributed by atoms with Gasteiger partial charge in [0.15, 0.2) is 0 Å². The Morgan fingerprint density at radius 3 is 2.38 bits per heavy atom. The first kappa shape index (κ1) is 24.4. The van der Waals surface area contributed by atoms with E-state index in [-0.39, 0.29) is 11.8 Å². The molecule has 0 spiro atoms. The van der Waals surface area contributed by atoms with E-state index in [4.69, 9.17) is 4.52 Å². The van der Waals surface area contributed by atoms with Gasteiger partial charge in [-0.25, -0.2) is 0 Å². The number of piperazine rings is 1. The Morgan fingerprint density at radius 1 is 1.09 bits per heavy atom. The van der Waals surface area contributed by atoms with Gasteiger partial charge in [-0.15, -0.1) is 0 Å². The summed E-state index contributed by atoms with van der Waals surface area (Å²) in [6.07, 6.45) is 5.43. The highest BCUT2D eigenvalue weighted by Gasteiger charge is 2.28. The number of benzene rings is 1. The van der Waals surface area contributed by atoms with E-state index < -0.39 is 6.04 Å². The van der Waals surface area contributed by atoms with Crippen LogP contribution < -0.4 is 5.32 Å². The molecule has 1 saturated carbocycles. The molecule has 1 N–H and O–H groups in total. The van der Waals surface area contributed by atoms with Gasteiger partial charge in [0.2, 0.25) is 23.5 Å². The van der Waals surface area contributed by atoms with E-state index in [0.29, 0.717) is 37.2 Å². The normalized spacial score (nSPS) is 18.4. The summed E-state index contributed by atoms with van der Waals surface area (Å²) in [5.74, 6) is 2.08. The minimum atomic E-state index is -0.434. The lowest BCUT2D eigenvalue weighted by atomic mass is 10.0. The van der Waals surface area contributed by atoms with Crippen LogP contribution in [-0.4, -0.2) is 64.0 Å². The zero-order valence-corrected chi connectivity index (χ0v) is 20.6. The van der Waals surface area contributed by atoms with E-state index in [1.807, 2.05) is 4.90 Å². The third kappa shape index (κ3) is 6.23. The van der Waals surface area contributed by atoms with Crippen LogP contribution in [0.1, 0.15) is 70.2 Å². The molecule has 34 heavy (non-hydrogen) atoms. The second kappa shape index (κ2) is 11.1. The maximum Gasteiger partial charge on any atom is 0.245 e. The van der Waals surface area contributed by atoms with Crippen LogP contribution >= 0.6 is 0 Å². The Balaban J connectivity index is 1.28. The molecule has 184 valence electrons. The van der Waals surface area contributed by atoms with Gasteiger partial charge < -0.3 is 14.7 Å². The number of hydrogen-bond donors (Lipinski definition) is 1. The highest BCUT2D eigenvalue weighted by atomic mass is 16.5. The standard InChI is InChI=1S/C26H37N5O3/c1-18(2)16-23(27-19(3)32)26(33)31-14-12-30(13-15-31)17-20-8-10-21(11-9-20)24-28-25(34-29-24)22-6-4-5-7-22/h8-11,18,22-23H,4-7,12-17H2,1-3H3,(H,27,32)/t23-/m0/s1. The van der Waals surface area contributed by atoms with Gasteiger partial charge in [0.05, 0.1) is 0 Å². The van der Waals surface area contributed by atoms with Crippen molar-refractivity contribution >= 4 is 11.8 Å². The lowest BCUT2D eigenvalue weighted by Crippen LogP contribution is -2.54. The second-order valence-electron chi connectivity index (χ2n) is 10.1. The van der Waals surface area contributed by atoms with Crippen molar-refractivity contribution in [1.82, 2.24) is 25.3 Å². The van der Waals surface area contributed by atoms with E-state index in [9.17, 15) is 9.59 Å². The van der Waals surface area contributed by atoms with Crippen LogP contribution in [0.4, 0.5) is 0 Å². The molecule has 1 aromatic carbocycles. The van der Waals surface area contributed by atoms with E-state index in [1.54, 1.807) is 0 Å². The molecule has 1 saturated heterocycles. The molecule has 2 aromatic rings. The average molecular weight is 468 g/mol. The SMILES string of the molecule is CC(=O)N[C@@H](CC(C)C)C(=O)N1CCN(Cc2ccc(-c3noc(C4CCCC4)n3)cc2)CC1. The number of rotatable bonds is 8. The molecule has 4 rings (SSSR count). The summed E-state index contributed by atoms with van der Waals surface area (Å²) < 4.78 is 5.52. The van der Waals surface area contributed by atoms with Gasteiger partial charge in [-0.3, -0.25) is 14.5 Å². The maximum absolute atomic E-state index is 13.0.